The molecule has 2 aromatic carbocycles. The SMILES string of the molecule is N#Cc1cc2cc3c(cc2nc1NCCNS(=O)(=O)c1ccccc1)OCO3. The van der Waals surface area contributed by atoms with Gasteiger partial charge in [-0.3, -0.25) is 0 Å². The highest BCUT2D eigenvalue weighted by Crippen LogP contribution is 2.36. The quantitative estimate of drug-likeness (QED) is 0.614. The minimum Gasteiger partial charge on any atom is -0.454 e. The number of rotatable bonds is 6. The zero-order valence-corrected chi connectivity index (χ0v) is 15.5. The van der Waals surface area contributed by atoms with Crippen LogP contribution in [-0.2, 0) is 10.0 Å². The smallest absolute Gasteiger partial charge is 0.240 e. The molecule has 4 rings (SSSR count). The molecule has 0 bridgehead atoms. The number of aromatic nitrogens is 1. The van der Waals surface area contributed by atoms with Crippen molar-refractivity contribution in [2.45, 2.75) is 4.90 Å². The molecule has 0 fully saturated rings. The Morgan fingerprint density at radius 2 is 1.82 bits per heavy atom. The minimum absolute atomic E-state index is 0.142. The second kappa shape index (κ2) is 7.34. The number of pyridine rings is 1. The molecule has 2 N–H and O–H groups in total. The minimum atomic E-state index is -3.58. The van der Waals surface area contributed by atoms with E-state index in [9.17, 15) is 13.7 Å². The number of ether oxygens (including phenoxy) is 2. The number of sulfonamides is 1. The normalized spacial score (nSPS) is 12.7. The molecule has 28 heavy (non-hydrogen) atoms. The summed E-state index contributed by atoms with van der Waals surface area (Å²) in [6.45, 7) is 0.566. The van der Waals surface area contributed by atoms with Crippen LogP contribution < -0.4 is 19.5 Å². The fraction of sp³-hybridized carbons (Fsp3) is 0.158. The zero-order chi connectivity index (χ0) is 19.6. The van der Waals surface area contributed by atoms with Crippen LogP contribution in [0, 0.1) is 11.3 Å². The molecule has 0 unspecified atom stereocenters. The van der Waals surface area contributed by atoms with E-state index in [-0.39, 0.29) is 24.8 Å². The lowest BCUT2D eigenvalue weighted by molar-refractivity contribution is 0.174. The van der Waals surface area contributed by atoms with Crippen LogP contribution in [0.2, 0.25) is 0 Å². The number of nitrogens with one attached hydrogen (secondary N) is 2. The van der Waals surface area contributed by atoms with E-state index in [0.717, 1.165) is 5.39 Å². The standard InChI is InChI=1S/C19H16N4O4S/c20-11-14-8-13-9-17-18(27-12-26-17)10-16(13)23-19(14)21-6-7-22-28(24,25)15-4-2-1-3-5-15/h1-5,8-10,22H,6-7,12H2,(H,21,23). The molecule has 1 aliphatic heterocycles. The molecule has 1 aliphatic rings. The lowest BCUT2D eigenvalue weighted by Crippen LogP contribution is -2.29. The number of anilines is 1. The van der Waals surface area contributed by atoms with Gasteiger partial charge in [-0.05, 0) is 24.3 Å². The van der Waals surface area contributed by atoms with Gasteiger partial charge in [0.2, 0.25) is 16.8 Å². The molecule has 0 aliphatic carbocycles. The maximum Gasteiger partial charge on any atom is 0.240 e. The van der Waals surface area contributed by atoms with Crippen molar-refractivity contribution < 1.29 is 17.9 Å². The van der Waals surface area contributed by atoms with Gasteiger partial charge in [0.15, 0.2) is 11.5 Å². The van der Waals surface area contributed by atoms with Gasteiger partial charge < -0.3 is 14.8 Å². The van der Waals surface area contributed by atoms with Gasteiger partial charge in [0, 0.05) is 24.5 Å². The lowest BCUT2D eigenvalue weighted by atomic mass is 10.1. The van der Waals surface area contributed by atoms with Gasteiger partial charge in [-0.15, -0.1) is 0 Å². The maximum atomic E-state index is 12.2. The first-order chi connectivity index (χ1) is 13.6. The molecule has 0 amide bonds. The number of hydrogen-bond donors (Lipinski definition) is 2. The third-order valence-corrected chi connectivity index (χ3v) is 5.67. The van der Waals surface area contributed by atoms with Crippen molar-refractivity contribution >= 4 is 26.7 Å². The Hall–Kier alpha value is -3.35. The van der Waals surface area contributed by atoms with Crippen LogP contribution >= 0.6 is 0 Å². The summed E-state index contributed by atoms with van der Waals surface area (Å²) in [5, 5.41) is 13.2. The van der Waals surface area contributed by atoms with E-state index in [2.05, 4.69) is 21.1 Å². The molecule has 1 aromatic heterocycles. The average Bonchev–Trinajstić information content (AvgIpc) is 3.16. The second-order valence-corrected chi connectivity index (χ2v) is 7.80. The van der Waals surface area contributed by atoms with Gasteiger partial charge >= 0.3 is 0 Å². The second-order valence-electron chi connectivity index (χ2n) is 6.03. The number of fused-ring (bicyclic) bond motifs is 2. The molecular weight excluding hydrogens is 380 g/mol. The van der Waals surface area contributed by atoms with Crippen LogP contribution in [0.15, 0.2) is 53.4 Å². The number of hydrogen-bond acceptors (Lipinski definition) is 7. The van der Waals surface area contributed by atoms with Crippen LogP contribution in [0.5, 0.6) is 11.5 Å². The van der Waals surface area contributed by atoms with Gasteiger partial charge in [-0.1, -0.05) is 18.2 Å². The molecule has 0 spiro atoms. The van der Waals surface area contributed by atoms with E-state index in [1.165, 1.54) is 12.1 Å². The monoisotopic (exact) mass is 396 g/mol. The zero-order valence-electron chi connectivity index (χ0n) is 14.7. The summed E-state index contributed by atoms with van der Waals surface area (Å²) in [6.07, 6.45) is 0. The largest absolute Gasteiger partial charge is 0.454 e. The Labute approximate surface area is 161 Å². The van der Waals surface area contributed by atoms with Crippen LogP contribution in [0.3, 0.4) is 0 Å². The topological polar surface area (TPSA) is 113 Å². The summed E-state index contributed by atoms with van der Waals surface area (Å²) < 4.78 is 37.7. The fourth-order valence-electron chi connectivity index (χ4n) is 2.83. The third-order valence-electron chi connectivity index (χ3n) is 4.19. The summed E-state index contributed by atoms with van der Waals surface area (Å²) >= 11 is 0. The van der Waals surface area contributed by atoms with Crippen LogP contribution in [-0.4, -0.2) is 33.3 Å². The first kappa shape index (κ1) is 18.0. The summed E-state index contributed by atoms with van der Waals surface area (Å²) in [4.78, 5) is 4.67. The van der Waals surface area contributed by atoms with Gasteiger partial charge in [0.25, 0.3) is 0 Å². The summed E-state index contributed by atoms with van der Waals surface area (Å²) in [6, 6.07) is 15.5. The molecule has 2 heterocycles. The molecule has 0 radical (unpaired) electrons. The van der Waals surface area contributed by atoms with Crippen molar-refractivity contribution in [2.75, 3.05) is 25.2 Å². The molecule has 0 saturated carbocycles. The van der Waals surface area contributed by atoms with E-state index in [1.807, 2.05) is 0 Å². The average molecular weight is 396 g/mol. The van der Waals surface area contributed by atoms with Crippen molar-refractivity contribution in [3.8, 4) is 17.6 Å². The van der Waals surface area contributed by atoms with E-state index in [4.69, 9.17) is 9.47 Å². The van der Waals surface area contributed by atoms with E-state index >= 15 is 0 Å². The molecule has 3 aromatic rings. The van der Waals surface area contributed by atoms with Gasteiger partial charge in [-0.2, -0.15) is 5.26 Å². The fourth-order valence-corrected chi connectivity index (χ4v) is 3.89. The highest BCUT2D eigenvalue weighted by atomic mass is 32.2. The van der Waals surface area contributed by atoms with Crippen LogP contribution in [0.4, 0.5) is 5.82 Å². The van der Waals surface area contributed by atoms with Crippen molar-refractivity contribution in [1.29, 1.82) is 5.26 Å². The lowest BCUT2D eigenvalue weighted by Gasteiger charge is -2.10. The van der Waals surface area contributed by atoms with Crippen molar-refractivity contribution in [2.24, 2.45) is 0 Å². The van der Waals surface area contributed by atoms with Crippen LogP contribution in [0.1, 0.15) is 5.56 Å². The molecule has 9 heteroatoms. The molecule has 8 nitrogen and oxygen atoms in total. The van der Waals surface area contributed by atoms with Crippen molar-refractivity contribution in [3.05, 3.63) is 54.1 Å². The Morgan fingerprint density at radius 1 is 1.07 bits per heavy atom. The predicted octanol–water partition coefficient (Wildman–Crippen LogP) is 2.23. The highest BCUT2D eigenvalue weighted by Gasteiger charge is 2.17. The molecule has 142 valence electrons. The summed E-state index contributed by atoms with van der Waals surface area (Å²) in [7, 11) is -3.58. The van der Waals surface area contributed by atoms with E-state index in [0.29, 0.717) is 28.4 Å². The van der Waals surface area contributed by atoms with Crippen LogP contribution in [0.25, 0.3) is 10.9 Å². The predicted molar refractivity (Wildman–Crippen MR) is 103 cm³/mol. The van der Waals surface area contributed by atoms with Gasteiger partial charge in [0.1, 0.15) is 11.9 Å². The first-order valence-corrected chi connectivity index (χ1v) is 9.98. The molecular formula is C19H16N4O4S. The van der Waals surface area contributed by atoms with Crippen molar-refractivity contribution in [1.82, 2.24) is 9.71 Å². The Balaban J connectivity index is 1.47. The van der Waals surface area contributed by atoms with E-state index in [1.54, 1.807) is 36.4 Å². The summed E-state index contributed by atoms with van der Waals surface area (Å²) in [5.41, 5.74) is 1.01. The van der Waals surface area contributed by atoms with Gasteiger partial charge in [0.05, 0.1) is 16.0 Å². The Kier molecular flexibility index (Phi) is 4.73. The number of benzene rings is 2. The maximum absolute atomic E-state index is 12.2. The highest BCUT2D eigenvalue weighted by molar-refractivity contribution is 7.89. The van der Waals surface area contributed by atoms with Crippen molar-refractivity contribution in [3.63, 3.8) is 0 Å². The molecule has 0 atom stereocenters. The number of nitriles is 1. The Bertz CT molecular complexity index is 1170. The summed E-state index contributed by atoms with van der Waals surface area (Å²) in [5.74, 6) is 1.60. The van der Waals surface area contributed by atoms with Gasteiger partial charge in [-0.25, -0.2) is 18.1 Å². The first-order valence-electron chi connectivity index (χ1n) is 8.50. The Morgan fingerprint density at radius 3 is 2.57 bits per heavy atom. The third kappa shape index (κ3) is 3.55. The number of nitrogens with zero attached hydrogens (tertiary/aromatic N) is 2. The molecule has 0 saturated heterocycles. The van der Waals surface area contributed by atoms with E-state index < -0.39 is 10.0 Å².